The number of hydrogen-bond acceptors (Lipinski definition) is 3. The Morgan fingerprint density at radius 1 is 1.56 bits per heavy atom. The number of nitrogens with one attached hydrogen (secondary N) is 1. The number of likely N-dealkylation sites (N-methyl/N-ethyl adjacent to an activating group) is 1. The molecule has 1 aliphatic rings. The first-order valence-corrected chi connectivity index (χ1v) is 7.39. The van der Waals surface area contributed by atoms with Gasteiger partial charge in [-0.05, 0) is 43.2 Å². The predicted molar refractivity (Wildman–Crippen MR) is 69.0 cm³/mol. The van der Waals surface area contributed by atoms with E-state index in [2.05, 4.69) is 12.2 Å². The highest BCUT2D eigenvalue weighted by Gasteiger charge is 2.47. The highest BCUT2D eigenvalue weighted by atomic mass is 32.2. The molecule has 1 saturated carbocycles. The summed E-state index contributed by atoms with van der Waals surface area (Å²) in [7, 11) is 0. The zero-order valence-electron chi connectivity index (χ0n) is 10.3. The highest BCUT2D eigenvalue weighted by Crippen LogP contribution is 2.38. The second-order valence-electron chi connectivity index (χ2n) is 4.38. The number of carboxylic acids is 1. The smallest absolute Gasteiger partial charge is 0.324 e. The summed E-state index contributed by atoms with van der Waals surface area (Å²) in [4.78, 5) is 11.5. The number of carbonyl (C=O) groups is 1. The molecule has 0 heterocycles. The van der Waals surface area contributed by atoms with Crippen molar-refractivity contribution in [2.75, 3.05) is 18.1 Å². The van der Waals surface area contributed by atoms with E-state index >= 15 is 0 Å². The Morgan fingerprint density at radius 2 is 2.31 bits per heavy atom. The van der Waals surface area contributed by atoms with Crippen LogP contribution in [-0.4, -0.2) is 34.7 Å². The molecule has 1 fully saturated rings. The van der Waals surface area contributed by atoms with Crippen LogP contribution in [0.5, 0.6) is 0 Å². The fraction of sp³-hybridized carbons (Fsp3) is 0.917. The quantitative estimate of drug-likeness (QED) is 0.676. The van der Waals surface area contributed by atoms with Gasteiger partial charge < -0.3 is 10.4 Å². The average molecular weight is 245 g/mol. The maximum absolute atomic E-state index is 11.5. The summed E-state index contributed by atoms with van der Waals surface area (Å²) in [6, 6.07) is 0. The van der Waals surface area contributed by atoms with Gasteiger partial charge in [0.2, 0.25) is 0 Å². The summed E-state index contributed by atoms with van der Waals surface area (Å²) < 4.78 is 0. The zero-order chi connectivity index (χ0) is 12.0. The molecule has 1 aliphatic carbocycles. The third-order valence-electron chi connectivity index (χ3n) is 3.51. The number of aliphatic carboxylic acids is 1. The van der Waals surface area contributed by atoms with Gasteiger partial charge in [0, 0.05) is 0 Å². The van der Waals surface area contributed by atoms with Gasteiger partial charge in [0.05, 0.1) is 0 Å². The SMILES string of the molecule is CCNC1(C(=O)O)CCCC1CCSCC. The summed E-state index contributed by atoms with van der Waals surface area (Å²) in [6.45, 7) is 4.87. The second kappa shape index (κ2) is 6.50. The maximum Gasteiger partial charge on any atom is 0.324 e. The molecule has 0 radical (unpaired) electrons. The molecule has 0 saturated heterocycles. The van der Waals surface area contributed by atoms with E-state index in [1.165, 1.54) is 0 Å². The van der Waals surface area contributed by atoms with Gasteiger partial charge in [-0.1, -0.05) is 20.3 Å². The zero-order valence-corrected chi connectivity index (χ0v) is 11.1. The molecule has 2 atom stereocenters. The molecule has 16 heavy (non-hydrogen) atoms. The molecule has 2 N–H and O–H groups in total. The molecule has 3 nitrogen and oxygen atoms in total. The molecular formula is C12H23NO2S. The van der Waals surface area contributed by atoms with Crippen LogP contribution in [0.1, 0.15) is 39.5 Å². The molecule has 2 unspecified atom stereocenters. The molecule has 0 aliphatic heterocycles. The van der Waals surface area contributed by atoms with E-state index in [9.17, 15) is 9.90 Å². The largest absolute Gasteiger partial charge is 0.480 e. The lowest BCUT2D eigenvalue weighted by Crippen LogP contribution is -2.54. The van der Waals surface area contributed by atoms with Crippen molar-refractivity contribution in [3.63, 3.8) is 0 Å². The average Bonchev–Trinajstić information content (AvgIpc) is 2.64. The van der Waals surface area contributed by atoms with Gasteiger partial charge in [0.15, 0.2) is 0 Å². The van der Waals surface area contributed by atoms with Crippen LogP contribution < -0.4 is 5.32 Å². The number of hydrogen-bond donors (Lipinski definition) is 2. The lowest BCUT2D eigenvalue weighted by molar-refractivity contribution is -0.146. The van der Waals surface area contributed by atoms with Crippen LogP contribution >= 0.6 is 11.8 Å². The topological polar surface area (TPSA) is 49.3 Å². The molecule has 0 amide bonds. The van der Waals surface area contributed by atoms with E-state index in [-0.39, 0.29) is 0 Å². The summed E-state index contributed by atoms with van der Waals surface area (Å²) in [6.07, 6.45) is 3.92. The van der Waals surface area contributed by atoms with Crippen LogP contribution in [0.15, 0.2) is 0 Å². The second-order valence-corrected chi connectivity index (χ2v) is 5.78. The van der Waals surface area contributed by atoms with Crippen molar-refractivity contribution >= 4 is 17.7 Å². The van der Waals surface area contributed by atoms with Crippen molar-refractivity contribution in [2.45, 2.75) is 45.1 Å². The highest BCUT2D eigenvalue weighted by molar-refractivity contribution is 7.99. The Morgan fingerprint density at radius 3 is 2.88 bits per heavy atom. The predicted octanol–water partition coefficient (Wildman–Crippen LogP) is 2.36. The summed E-state index contributed by atoms with van der Waals surface area (Å²) in [5.41, 5.74) is -0.636. The molecule has 0 spiro atoms. The molecule has 0 aromatic heterocycles. The van der Waals surface area contributed by atoms with Crippen LogP contribution in [0.2, 0.25) is 0 Å². The Kier molecular flexibility index (Phi) is 5.62. The maximum atomic E-state index is 11.5. The standard InChI is InChI=1S/C12H23NO2S/c1-3-13-12(11(14)15)8-5-6-10(12)7-9-16-4-2/h10,13H,3-9H2,1-2H3,(H,14,15). The van der Waals surface area contributed by atoms with E-state index in [0.717, 1.165) is 43.7 Å². The van der Waals surface area contributed by atoms with Gasteiger partial charge in [-0.25, -0.2) is 0 Å². The summed E-state index contributed by atoms with van der Waals surface area (Å²) >= 11 is 1.90. The van der Waals surface area contributed by atoms with Crippen molar-refractivity contribution in [3.05, 3.63) is 0 Å². The van der Waals surface area contributed by atoms with Crippen molar-refractivity contribution in [1.82, 2.24) is 5.32 Å². The Labute approximate surface area is 102 Å². The number of carboxylic acid groups (broad SMARTS) is 1. The van der Waals surface area contributed by atoms with E-state index < -0.39 is 11.5 Å². The molecule has 1 rings (SSSR count). The van der Waals surface area contributed by atoms with Crippen molar-refractivity contribution in [3.8, 4) is 0 Å². The van der Waals surface area contributed by atoms with Crippen molar-refractivity contribution in [1.29, 1.82) is 0 Å². The van der Waals surface area contributed by atoms with Gasteiger partial charge >= 0.3 is 5.97 Å². The molecule has 0 aromatic rings. The normalized spacial score (nSPS) is 29.5. The Hall–Kier alpha value is -0.220. The number of thioether (sulfide) groups is 1. The van der Waals surface area contributed by atoms with Gasteiger partial charge in [-0.3, -0.25) is 4.79 Å². The van der Waals surface area contributed by atoms with Crippen LogP contribution in [0, 0.1) is 5.92 Å². The van der Waals surface area contributed by atoms with E-state index in [1.807, 2.05) is 18.7 Å². The minimum absolute atomic E-state index is 0.309. The summed E-state index contributed by atoms with van der Waals surface area (Å²) in [5, 5.41) is 12.7. The minimum Gasteiger partial charge on any atom is -0.480 e. The van der Waals surface area contributed by atoms with Crippen LogP contribution in [0.25, 0.3) is 0 Å². The molecule has 94 valence electrons. The van der Waals surface area contributed by atoms with E-state index in [1.54, 1.807) is 0 Å². The van der Waals surface area contributed by atoms with E-state index in [0.29, 0.717) is 5.92 Å². The third-order valence-corrected chi connectivity index (χ3v) is 4.44. The first-order valence-electron chi connectivity index (χ1n) is 6.23. The van der Waals surface area contributed by atoms with Gasteiger partial charge in [-0.15, -0.1) is 0 Å². The van der Waals surface area contributed by atoms with E-state index in [4.69, 9.17) is 0 Å². The Bertz CT molecular complexity index is 235. The first-order chi connectivity index (χ1) is 7.67. The van der Waals surface area contributed by atoms with Gasteiger partial charge in [-0.2, -0.15) is 11.8 Å². The van der Waals surface area contributed by atoms with Gasteiger partial charge in [0.25, 0.3) is 0 Å². The fourth-order valence-electron chi connectivity index (χ4n) is 2.74. The van der Waals surface area contributed by atoms with Gasteiger partial charge in [0.1, 0.15) is 5.54 Å². The molecule has 0 aromatic carbocycles. The van der Waals surface area contributed by atoms with Crippen molar-refractivity contribution < 1.29 is 9.90 Å². The van der Waals surface area contributed by atoms with Crippen LogP contribution in [-0.2, 0) is 4.79 Å². The molecule has 0 bridgehead atoms. The number of rotatable bonds is 7. The molecular weight excluding hydrogens is 222 g/mol. The summed E-state index contributed by atoms with van der Waals surface area (Å²) in [5.74, 6) is 1.86. The lowest BCUT2D eigenvalue weighted by atomic mass is 9.85. The third kappa shape index (κ3) is 2.92. The van der Waals surface area contributed by atoms with Crippen molar-refractivity contribution in [2.24, 2.45) is 5.92 Å². The first kappa shape index (κ1) is 13.8. The molecule has 4 heteroatoms. The van der Waals surface area contributed by atoms with Crippen LogP contribution in [0.4, 0.5) is 0 Å². The minimum atomic E-state index is -0.654. The Balaban J connectivity index is 2.62. The lowest BCUT2D eigenvalue weighted by Gasteiger charge is -2.32. The fourth-order valence-corrected chi connectivity index (χ4v) is 3.48. The van der Waals surface area contributed by atoms with Crippen LogP contribution in [0.3, 0.4) is 0 Å². The monoisotopic (exact) mass is 245 g/mol.